The number of hydrogen-bond acceptors (Lipinski definition) is 2. The molecule has 17 heavy (non-hydrogen) atoms. The number of rotatable bonds is 7. The topological polar surface area (TPSA) is 35.3 Å². The lowest BCUT2D eigenvalue weighted by Gasteiger charge is -2.06. The van der Waals surface area contributed by atoms with Crippen molar-refractivity contribution in [2.24, 2.45) is 5.92 Å². The van der Waals surface area contributed by atoms with Crippen LogP contribution >= 0.6 is 0 Å². The van der Waals surface area contributed by atoms with Gasteiger partial charge in [-0.15, -0.1) is 6.58 Å². The molecule has 0 fully saturated rings. The molecule has 1 atom stereocenters. The van der Waals surface area contributed by atoms with Crippen LogP contribution in [0, 0.1) is 11.1 Å². The monoisotopic (exact) mass is 233 g/mol. The molecule has 0 aliphatic heterocycles. The predicted molar refractivity (Wildman–Crippen MR) is 70.0 cm³/mol. The van der Waals surface area contributed by atoms with Crippen LogP contribution in [-0.4, -0.2) is 24.2 Å². The minimum atomic E-state index is 0.317. The first kappa shape index (κ1) is 13.5. The molecule has 0 spiro atoms. The zero-order chi connectivity index (χ0) is 12.5. The van der Waals surface area contributed by atoms with Crippen LogP contribution in [0.25, 0.3) is 0 Å². The maximum atomic E-state index is 11.5. The van der Waals surface area contributed by atoms with Crippen molar-refractivity contribution in [3.8, 4) is 0 Å². The molecule has 0 heterocycles. The average molecular weight is 233 g/mol. The summed E-state index contributed by atoms with van der Waals surface area (Å²) in [7, 11) is 0. The Kier molecular flexibility index (Phi) is 6.04. The van der Waals surface area contributed by atoms with Crippen LogP contribution in [0.4, 0.5) is 0 Å². The normalized spacial score (nSPS) is 13.4. The molecule has 0 bridgehead atoms. The Balaban J connectivity index is 2.28. The fourth-order valence-electron chi connectivity index (χ4n) is 1.29. The molecule has 0 N–H and O–H groups in total. The first-order valence-electron chi connectivity index (χ1n) is 5.73. The van der Waals surface area contributed by atoms with Crippen LogP contribution < -0.4 is 0 Å². The lowest BCUT2D eigenvalue weighted by Crippen LogP contribution is -2.11. The molecular weight excluding hydrogens is 214 g/mol. The van der Waals surface area contributed by atoms with Crippen molar-refractivity contribution in [1.29, 1.82) is 0 Å². The largest absolute Gasteiger partial charge is 0.624 e. The highest BCUT2D eigenvalue weighted by molar-refractivity contribution is 5.52. The van der Waals surface area contributed by atoms with E-state index in [0.717, 1.165) is 10.3 Å². The van der Waals surface area contributed by atoms with Crippen LogP contribution in [0.3, 0.4) is 0 Å². The molecule has 0 saturated carbocycles. The van der Waals surface area contributed by atoms with E-state index in [1.165, 1.54) is 6.21 Å². The van der Waals surface area contributed by atoms with Crippen molar-refractivity contribution in [2.75, 3.05) is 13.2 Å². The molecule has 0 radical (unpaired) electrons. The van der Waals surface area contributed by atoms with Gasteiger partial charge >= 0.3 is 0 Å². The molecule has 1 unspecified atom stereocenters. The fourth-order valence-corrected chi connectivity index (χ4v) is 1.29. The molecule has 0 saturated heterocycles. The molecule has 1 aromatic rings. The van der Waals surface area contributed by atoms with E-state index in [0.29, 0.717) is 25.7 Å². The first-order chi connectivity index (χ1) is 8.22. The van der Waals surface area contributed by atoms with E-state index in [9.17, 15) is 5.21 Å². The molecule has 1 rings (SSSR count). The molecule has 3 heteroatoms. The lowest BCUT2D eigenvalue weighted by atomic mass is 10.2. The Hall–Kier alpha value is -1.61. The Morgan fingerprint density at radius 1 is 1.41 bits per heavy atom. The van der Waals surface area contributed by atoms with Crippen molar-refractivity contribution in [3.63, 3.8) is 0 Å². The lowest BCUT2D eigenvalue weighted by molar-refractivity contribution is -0.471. The van der Waals surface area contributed by atoms with Gasteiger partial charge in [-0.3, -0.25) is 0 Å². The standard InChI is InChI=1S/C14H19NO2/c1-3-13(2)12-17-10-9-15(16)11-14-7-5-4-6-8-14/h3-9,13H,1,10-12H2,2H3/b15-9-. The summed E-state index contributed by atoms with van der Waals surface area (Å²) in [6.07, 6.45) is 3.35. The molecule has 1 aromatic carbocycles. The third kappa shape index (κ3) is 5.88. The summed E-state index contributed by atoms with van der Waals surface area (Å²) in [6, 6.07) is 9.64. The second-order valence-corrected chi connectivity index (χ2v) is 3.99. The highest BCUT2D eigenvalue weighted by Crippen LogP contribution is 1.99. The van der Waals surface area contributed by atoms with E-state index in [1.807, 2.05) is 43.3 Å². The van der Waals surface area contributed by atoms with Gasteiger partial charge in [0.1, 0.15) is 6.61 Å². The van der Waals surface area contributed by atoms with Crippen LogP contribution in [-0.2, 0) is 11.3 Å². The molecule has 92 valence electrons. The highest BCUT2D eigenvalue weighted by atomic mass is 16.5. The van der Waals surface area contributed by atoms with Crippen molar-refractivity contribution >= 4 is 6.21 Å². The maximum Gasteiger partial charge on any atom is 0.178 e. The van der Waals surface area contributed by atoms with Crippen LogP contribution in [0.2, 0.25) is 0 Å². The van der Waals surface area contributed by atoms with Crippen LogP contribution in [0.15, 0.2) is 43.0 Å². The SMILES string of the molecule is C=CC(C)COC/C=[N+](\[O-])Cc1ccccc1. The molecule has 0 aliphatic carbocycles. The Labute approximate surface area is 103 Å². The molecular formula is C14H19NO2. The number of benzene rings is 1. The second kappa shape index (κ2) is 7.63. The van der Waals surface area contributed by atoms with Gasteiger partial charge in [0.05, 0.1) is 6.61 Å². The van der Waals surface area contributed by atoms with Crippen molar-refractivity contribution in [3.05, 3.63) is 53.8 Å². The Bertz CT molecular complexity index is 360. The van der Waals surface area contributed by atoms with Crippen LogP contribution in [0.1, 0.15) is 12.5 Å². The van der Waals surface area contributed by atoms with E-state index in [4.69, 9.17) is 4.74 Å². The zero-order valence-corrected chi connectivity index (χ0v) is 10.2. The van der Waals surface area contributed by atoms with Gasteiger partial charge in [-0.25, -0.2) is 4.74 Å². The summed E-state index contributed by atoms with van der Waals surface area (Å²) in [5.74, 6) is 0.317. The predicted octanol–water partition coefficient (Wildman–Crippen LogP) is 2.61. The van der Waals surface area contributed by atoms with Gasteiger partial charge in [0.2, 0.25) is 0 Å². The summed E-state index contributed by atoms with van der Waals surface area (Å²) in [5.41, 5.74) is 0.998. The third-order valence-electron chi connectivity index (χ3n) is 2.36. The summed E-state index contributed by atoms with van der Waals surface area (Å²) >= 11 is 0. The number of ether oxygens (including phenoxy) is 1. The molecule has 3 nitrogen and oxygen atoms in total. The smallest absolute Gasteiger partial charge is 0.178 e. The van der Waals surface area contributed by atoms with Crippen LogP contribution in [0.5, 0.6) is 0 Å². The van der Waals surface area contributed by atoms with Gasteiger partial charge in [-0.2, -0.15) is 0 Å². The van der Waals surface area contributed by atoms with E-state index in [-0.39, 0.29) is 0 Å². The number of nitrogens with zero attached hydrogens (tertiary/aromatic N) is 1. The molecule has 0 amide bonds. The van der Waals surface area contributed by atoms with E-state index in [1.54, 1.807) is 0 Å². The number of hydrogen-bond donors (Lipinski definition) is 0. The second-order valence-electron chi connectivity index (χ2n) is 3.99. The summed E-state index contributed by atoms with van der Waals surface area (Å²) in [4.78, 5) is 0. The molecule has 0 aliphatic rings. The van der Waals surface area contributed by atoms with Gasteiger partial charge in [0.25, 0.3) is 0 Å². The fraction of sp³-hybridized carbons (Fsp3) is 0.357. The first-order valence-corrected chi connectivity index (χ1v) is 5.73. The zero-order valence-electron chi connectivity index (χ0n) is 10.2. The number of hydroxylamine groups is 1. The maximum absolute atomic E-state index is 11.5. The summed E-state index contributed by atoms with van der Waals surface area (Å²) in [6.45, 7) is 6.99. The van der Waals surface area contributed by atoms with E-state index >= 15 is 0 Å². The quantitative estimate of drug-likeness (QED) is 0.181. The Morgan fingerprint density at radius 2 is 2.12 bits per heavy atom. The minimum Gasteiger partial charge on any atom is -0.624 e. The third-order valence-corrected chi connectivity index (χ3v) is 2.36. The van der Waals surface area contributed by atoms with E-state index in [2.05, 4.69) is 6.58 Å². The van der Waals surface area contributed by atoms with Gasteiger partial charge in [-0.05, 0) is 5.92 Å². The molecule has 0 aromatic heterocycles. The van der Waals surface area contributed by atoms with Crippen molar-refractivity contribution in [2.45, 2.75) is 13.5 Å². The van der Waals surface area contributed by atoms with Gasteiger partial charge in [0.15, 0.2) is 12.8 Å². The van der Waals surface area contributed by atoms with Crippen molar-refractivity contribution in [1.82, 2.24) is 0 Å². The van der Waals surface area contributed by atoms with Crippen molar-refractivity contribution < 1.29 is 9.48 Å². The van der Waals surface area contributed by atoms with Gasteiger partial charge in [0, 0.05) is 5.56 Å². The highest BCUT2D eigenvalue weighted by Gasteiger charge is 1.98. The van der Waals surface area contributed by atoms with E-state index < -0.39 is 0 Å². The average Bonchev–Trinajstić information content (AvgIpc) is 2.35. The summed E-state index contributed by atoms with van der Waals surface area (Å²) in [5, 5.41) is 11.5. The summed E-state index contributed by atoms with van der Waals surface area (Å²) < 4.78 is 6.22. The van der Waals surface area contributed by atoms with Gasteiger partial charge in [-0.1, -0.05) is 43.3 Å². The minimum absolute atomic E-state index is 0.317. The Morgan fingerprint density at radius 3 is 2.76 bits per heavy atom. The van der Waals surface area contributed by atoms with Gasteiger partial charge < -0.3 is 9.94 Å².